The molecule has 2 rings (SSSR count). The molecule has 3 nitrogen and oxygen atoms in total. The molecule has 0 saturated carbocycles. The van der Waals surface area contributed by atoms with Crippen LogP contribution < -0.4 is 0 Å². The summed E-state index contributed by atoms with van der Waals surface area (Å²) < 4.78 is 6.53. The highest BCUT2D eigenvalue weighted by Gasteiger charge is 2.07. The van der Waals surface area contributed by atoms with Gasteiger partial charge in [0.1, 0.15) is 10.5 Å². The van der Waals surface area contributed by atoms with Crippen LogP contribution in [0.2, 0.25) is 0 Å². The van der Waals surface area contributed by atoms with Crippen molar-refractivity contribution < 1.29 is 4.74 Å². The van der Waals surface area contributed by atoms with E-state index in [2.05, 4.69) is 45.0 Å². The molecule has 0 spiro atoms. The molecule has 2 aromatic rings. The number of H-pyrrole nitrogens is 1. The van der Waals surface area contributed by atoms with Crippen LogP contribution in [0, 0.1) is 11.6 Å². The molecule has 0 saturated heterocycles. The summed E-state index contributed by atoms with van der Waals surface area (Å²) in [5, 5.41) is 0. The number of halogens is 1. The van der Waals surface area contributed by atoms with Gasteiger partial charge in [-0.3, -0.25) is 0 Å². The number of benzene rings is 1. The van der Waals surface area contributed by atoms with Crippen LogP contribution in [-0.2, 0) is 17.8 Å². The van der Waals surface area contributed by atoms with Crippen LogP contribution in [0.25, 0.3) is 0 Å². The normalized spacial score (nSPS) is 10.7. The number of ether oxygens (including phenoxy) is 1. The predicted molar refractivity (Wildman–Crippen MR) is 81.8 cm³/mol. The van der Waals surface area contributed by atoms with Crippen molar-refractivity contribution in [2.45, 2.75) is 20.0 Å². The second-order valence-corrected chi connectivity index (χ2v) is 5.50. The van der Waals surface area contributed by atoms with Crippen molar-refractivity contribution in [3.05, 3.63) is 56.0 Å². The van der Waals surface area contributed by atoms with Gasteiger partial charge in [0.2, 0.25) is 0 Å². The molecule has 1 aromatic carbocycles. The summed E-state index contributed by atoms with van der Waals surface area (Å²) in [7, 11) is 1.66. The zero-order chi connectivity index (χ0) is 13.8. The number of aromatic amines is 1. The van der Waals surface area contributed by atoms with E-state index in [-0.39, 0.29) is 0 Å². The zero-order valence-corrected chi connectivity index (χ0v) is 13.3. The van der Waals surface area contributed by atoms with Crippen molar-refractivity contribution in [2.24, 2.45) is 0 Å². The first-order valence-corrected chi connectivity index (χ1v) is 7.13. The van der Waals surface area contributed by atoms with Crippen LogP contribution in [0.5, 0.6) is 0 Å². The summed E-state index contributed by atoms with van der Waals surface area (Å²) in [6, 6.07) is 8.27. The number of nitrogens with one attached hydrogen (secondary N) is 1. The lowest BCUT2D eigenvalue weighted by atomic mass is 10.1. The third-order valence-corrected chi connectivity index (χ3v) is 4.30. The summed E-state index contributed by atoms with van der Waals surface area (Å²) in [5.41, 5.74) is 3.41. The molecule has 5 heteroatoms. The van der Waals surface area contributed by atoms with Gasteiger partial charge in [0.15, 0.2) is 0 Å². The van der Waals surface area contributed by atoms with E-state index in [1.165, 1.54) is 11.1 Å². The van der Waals surface area contributed by atoms with Gasteiger partial charge in [-0.15, -0.1) is 0 Å². The maximum absolute atomic E-state index is 5.26. The molecule has 0 aliphatic carbocycles. The fraction of sp³-hybridized carbons (Fsp3) is 0.286. The Balaban J connectivity index is 2.36. The quantitative estimate of drug-likeness (QED) is 0.857. The Morgan fingerprint density at radius 2 is 2.11 bits per heavy atom. The first-order valence-electron chi connectivity index (χ1n) is 5.93. The van der Waals surface area contributed by atoms with Crippen LogP contribution in [-0.4, -0.2) is 17.1 Å². The molecule has 0 amide bonds. The molecular formula is C14H15BrN2OS. The molecule has 0 unspecified atom stereocenters. The third kappa shape index (κ3) is 3.49. The summed E-state index contributed by atoms with van der Waals surface area (Å²) >= 11 is 8.70. The number of rotatable bonds is 4. The largest absolute Gasteiger partial charge is 0.378 e. The Bertz CT molecular complexity index is 640. The van der Waals surface area contributed by atoms with Crippen molar-refractivity contribution >= 4 is 28.1 Å². The number of aromatic nitrogens is 2. The van der Waals surface area contributed by atoms with Gasteiger partial charge in [0.25, 0.3) is 0 Å². The Hall–Kier alpha value is -1.04. The van der Waals surface area contributed by atoms with Crippen LogP contribution in [0.15, 0.2) is 28.7 Å². The molecule has 0 radical (unpaired) electrons. The molecule has 0 aliphatic heterocycles. The van der Waals surface area contributed by atoms with Gasteiger partial charge in [-0.05, 0) is 34.0 Å². The van der Waals surface area contributed by atoms with E-state index < -0.39 is 0 Å². The molecule has 1 N–H and O–H groups in total. The van der Waals surface area contributed by atoms with Crippen molar-refractivity contribution in [1.29, 1.82) is 0 Å². The molecule has 19 heavy (non-hydrogen) atoms. The third-order valence-electron chi connectivity index (χ3n) is 2.89. The van der Waals surface area contributed by atoms with Gasteiger partial charge < -0.3 is 9.72 Å². The van der Waals surface area contributed by atoms with E-state index in [0.717, 1.165) is 22.4 Å². The fourth-order valence-corrected chi connectivity index (χ4v) is 2.41. The molecule has 0 fully saturated rings. The summed E-state index contributed by atoms with van der Waals surface area (Å²) in [6.45, 7) is 2.58. The number of aryl methyl sites for hydroxylation is 1. The lowest BCUT2D eigenvalue weighted by Gasteiger charge is -2.09. The first kappa shape index (κ1) is 14.4. The van der Waals surface area contributed by atoms with E-state index in [4.69, 9.17) is 17.0 Å². The Morgan fingerprint density at radius 1 is 1.37 bits per heavy atom. The maximum Gasteiger partial charge on any atom is 0.144 e. The van der Waals surface area contributed by atoms with E-state index in [9.17, 15) is 0 Å². The average Bonchev–Trinajstić information content (AvgIpc) is 2.38. The van der Waals surface area contributed by atoms with E-state index >= 15 is 0 Å². The molecule has 1 aromatic heterocycles. The van der Waals surface area contributed by atoms with Crippen molar-refractivity contribution in [3.8, 4) is 0 Å². The maximum atomic E-state index is 5.26. The van der Waals surface area contributed by atoms with Gasteiger partial charge in [0.05, 0.1) is 16.8 Å². The van der Waals surface area contributed by atoms with E-state index in [1.807, 2.05) is 12.1 Å². The molecule has 1 heterocycles. The van der Waals surface area contributed by atoms with E-state index in [0.29, 0.717) is 11.2 Å². The lowest BCUT2D eigenvalue weighted by molar-refractivity contribution is 0.180. The monoisotopic (exact) mass is 338 g/mol. The minimum atomic E-state index is 0.480. The van der Waals surface area contributed by atoms with Gasteiger partial charge >= 0.3 is 0 Å². The molecule has 0 aliphatic rings. The highest BCUT2D eigenvalue weighted by molar-refractivity contribution is 9.10. The minimum Gasteiger partial charge on any atom is -0.378 e. The van der Waals surface area contributed by atoms with Crippen molar-refractivity contribution in [3.63, 3.8) is 0 Å². The van der Waals surface area contributed by atoms with E-state index in [1.54, 1.807) is 7.11 Å². The summed E-state index contributed by atoms with van der Waals surface area (Å²) in [5.74, 6) is 0.856. The number of hydrogen-bond donors (Lipinski definition) is 1. The van der Waals surface area contributed by atoms with Crippen LogP contribution in [0.4, 0.5) is 0 Å². The van der Waals surface area contributed by atoms with Crippen LogP contribution >= 0.6 is 28.1 Å². The predicted octanol–water partition coefficient (Wildman–Crippen LogP) is 3.95. The average molecular weight is 339 g/mol. The highest BCUT2D eigenvalue weighted by Crippen LogP contribution is 2.18. The second-order valence-electron chi connectivity index (χ2n) is 4.32. The fourth-order valence-electron chi connectivity index (χ4n) is 1.87. The topological polar surface area (TPSA) is 37.9 Å². The van der Waals surface area contributed by atoms with Crippen molar-refractivity contribution in [1.82, 2.24) is 9.97 Å². The van der Waals surface area contributed by atoms with Gasteiger partial charge in [-0.25, -0.2) is 4.98 Å². The SMILES string of the molecule is COCc1[nH]c(Cc2ccccc2C)nc(=S)c1Br. The standard InChI is InChI=1S/C14H15BrN2OS/c1-9-5-3-4-6-10(9)7-12-16-11(8-18-2)13(15)14(19)17-12/h3-6H,7-8H2,1-2H3,(H,16,17,19). The van der Waals surface area contributed by atoms with Crippen molar-refractivity contribution in [2.75, 3.05) is 7.11 Å². The minimum absolute atomic E-state index is 0.480. The number of methoxy groups -OCH3 is 1. The Labute approximate surface area is 126 Å². The molecule has 100 valence electrons. The second kappa shape index (κ2) is 6.41. The van der Waals surface area contributed by atoms with Gasteiger partial charge in [-0.1, -0.05) is 36.5 Å². The lowest BCUT2D eigenvalue weighted by Crippen LogP contribution is -2.04. The first-order chi connectivity index (χ1) is 9.11. The zero-order valence-electron chi connectivity index (χ0n) is 10.9. The van der Waals surface area contributed by atoms with Crippen LogP contribution in [0.3, 0.4) is 0 Å². The van der Waals surface area contributed by atoms with Gasteiger partial charge in [0, 0.05) is 13.5 Å². The van der Waals surface area contributed by atoms with Crippen LogP contribution in [0.1, 0.15) is 22.6 Å². The Morgan fingerprint density at radius 3 is 2.79 bits per heavy atom. The summed E-state index contributed by atoms with van der Waals surface area (Å²) in [4.78, 5) is 7.69. The molecule has 0 atom stereocenters. The number of hydrogen-bond acceptors (Lipinski definition) is 3. The van der Waals surface area contributed by atoms with Gasteiger partial charge in [-0.2, -0.15) is 0 Å². The highest BCUT2D eigenvalue weighted by atomic mass is 79.9. The number of nitrogens with zero attached hydrogens (tertiary/aromatic N) is 1. The summed E-state index contributed by atoms with van der Waals surface area (Å²) in [6.07, 6.45) is 0.736. The Kier molecular flexibility index (Phi) is 4.85. The molecule has 0 bridgehead atoms. The smallest absolute Gasteiger partial charge is 0.144 e. The molecular weight excluding hydrogens is 324 g/mol.